The minimum absolute atomic E-state index is 0.00556. The number of hydrogen-bond donors (Lipinski definition) is 2. The summed E-state index contributed by atoms with van der Waals surface area (Å²) in [6.45, 7) is 0. The molecule has 0 heterocycles. The van der Waals surface area contributed by atoms with E-state index in [0.29, 0.717) is 11.4 Å². The smallest absolute Gasteiger partial charge is 0.289 e. The third kappa shape index (κ3) is 5.54. The third-order valence-electron chi connectivity index (χ3n) is 3.18. The van der Waals surface area contributed by atoms with Crippen molar-refractivity contribution in [1.82, 2.24) is 5.32 Å². The first-order chi connectivity index (χ1) is 12.4. The summed E-state index contributed by atoms with van der Waals surface area (Å²) in [5, 5.41) is 16.0. The maximum atomic E-state index is 11.9. The van der Waals surface area contributed by atoms with Crippen molar-refractivity contribution in [2.75, 3.05) is 12.4 Å². The Morgan fingerprint density at radius 2 is 1.96 bits per heavy atom. The zero-order valence-corrected chi connectivity index (χ0v) is 15.1. The van der Waals surface area contributed by atoms with Crippen molar-refractivity contribution in [3.63, 3.8) is 0 Å². The van der Waals surface area contributed by atoms with Crippen LogP contribution in [0.1, 0.15) is 5.56 Å². The molecule has 0 saturated carbocycles. The Morgan fingerprint density at radius 1 is 1.27 bits per heavy atom. The van der Waals surface area contributed by atoms with E-state index >= 15 is 0 Å². The Balaban J connectivity index is 1.94. The van der Waals surface area contributed by atoms with Crippen molar-refractivity contribution in [2.45, 2.75) is 0 Å². The molecule has 0 aliphatic rings. The van der Waals surface area contributed by atoms with Gasteiger partial charge in [0.05, 0.1) is 12.0 Å². The molecule has 0 aliphatic heterocycles. The van der Waals surface area contributed by atoms with Crippen molar-refractivity contribution in [2.24, 2.45) is 0 Å². The Hall–Kier alpha value is -2.97. The van der Waals surface area contributed by atoms with E-state index in [1.165, 1.54) is 24.3 Å². The highest BCUT2D eigenvalue weighted by atomic mass is 35.5. The number of benzene rings is 2. The van der Waals surface area contributed by atoms with Crippen molar-refractivity contribution in [3.05, 3.63) is 69.2 Å². The van der Waals surface area contributed by atoms with Crippen LogP contribution in [0.15, 0.2) is 48.5 Å². The van der Waals surface area contributed by atoms with Crippen LogP contribution >= 0.6 is 23.8 Å². The summed E-state index contributed by atoms with van der Waals surface area (Å²) in [7, 11) is 1.57. The Morgan fingerprint density at radius 3 is 2.58 bits per heavy atom. The first-order valence-corrected chi connectivity index (χ1v) is 8.05. The summed E-state index contributed by atoms with van der Waals surface area (Å²) < 4.78 is 5.06. The number of hydrogen-bond acceptors (Lipinski definition) is 5. The summed E-state index contributed by atoms with van der Waals surface area (Å²) >= 11 is 10.8. The molecule has 0 saturated heterocycles. The van der Waals surface area contributed by atoms with Crippen LogP contribution in [0.5, 0.6) is 5.75 Å². The zero-order chi connectivity index (χ0) is 19.1. The van der Waals surface area contributed by atoms with Crippen LogP contribution in [-0.4, -0.2) is 23.1 Å². The minimum Gasteiger partial charge on any atom is -0.497 e. The van der Waals surface area contributed by atoms with Gasteiger partial charge in [0.1, 0.15) is 10.8 Å². The topological polar surface area (TPSA) is 93.5 Å². The molecule has 0 spiro atoms. The van der Waals surface area contributed by atoms with Crippen molar-refractivity contribution >= 4 is 52.3 Å². The van der Waals surface area contributed by atoms with Crippen LogP contribution in [0.2, 0.25) is 5.02 Å². The number of carbonyl (C=O) groups is 1. The molecule has 0 fully saturated rings. The number of ether oxygens (including phenoxy) is 1. The normalized spacial score (nSPS) is 10.4. The van der Waals surface area contributed by atoms with Gasteiger partial charge in [-0.2, -0.15) is 0 Å². The van der Waals surface area contributed by atoms with Gasteiger partial charge in [-0.25, -0.2) is 0 Å². The molecule has 0 aliphatic carbocycles. The lowest BCUT2D eigenvalue weighted by molar-refractivity contribution is -0.384. The summed E-state index contributed by atoms with van der Waals surface area (Å²) in [5.41, 5.74) is 0.892. The fraction of sp³-hybridized carbons (Fsp3) is 0.0588. The predicted octanol–water partition coefficient (Wildman–Crippen LogP) is 3.78. The lowest BCUT2D eigenvalue weighted by Gasteiger charge is -2.08. The monoisotopic (exact) mass is 391 g/mol. The number of carbonyl (C=O) groups excluding carboxylic acids is 1. The number of rotatable bonds is 5. The van der Waals surface area contributed by atoms with E-state index in [0.717, 1.165) is 5.56 Å². The Labute approximate surface area is 159 Å². The predicted molar refractivity (Wildman–Crippen MR) is 104 cm³/mol. The van der Waals surface area contributed by atoms with E-state index in [-0.39, 0.29) is 15.8 Å². The Bertz CT molecular complexity index is 869. The standard InChI is InChI=1S/C17H14ClN3O4S/c1-25-13-6-2-11(3-7-13)4-9-16(22)20-17(26)19-12-5-8-14(18)15(10-12)21(23)24/h2-10H,1H3,(H2,19,20,22,26). The maximum absolute atomic E-state index is 11.9. The molecule has 0 atom stereocenters. The summed E-state index contributed by atoms with van der Waals surface area (Å²) in [4.78, 5) is 22.2. The average Bonchev–Trinajstić information content (AvgIpc) is 2.61. The van der Waals surface area contributed by atoms with E-state index in [4.69, 9.17) is 28.6 Å². The highest BCUT2D eigenvalue weighted by Gasteiger charge is 2.13. The van der Waals surface area contributed by atoms with E-state index in [1.807, 2.05) is 0 Å². The minimum atomic E-state index is -0.604. The van der Waals surface area contributed by atoms with Crippen LogP contribution < -0.4 is 15.4 Å². The molecule has 0 aromatic heterocycles. The van der Waals surface area contributed by atoms with Gasteiger partial charge in [-0.1, -0.05) is 23.7 Å². The van der Waals surface area contributed by atoms with Crippen molar-refractivity contribution in [3.8, 4) is 5.75 Å². The molecule has 26 heavy (non-hydrogen) atoms. The molecule has 0 radical (unpaired) electrons. The first kappa shape index (κ1) is 19.4. The molecule has 2 N–H and O–H groups in total. The quantitative estimate of drug-likeness (QED) is 0.348. The lowest BCUT2D eigenvalue weighted by atomic mass is 10.2. The van der Waals surface area contributed by atoms with Gasteiger partial charge in [-0.3, -0.25) is 20.2 Å². The molecule has 2 rings (SSSR count). The second-order valence-corrected chi connectivity index (χ2v) is 5.79. The lowest BCUT2D eigenvalue weighted by Crippen LogP contribution is -2.32. The van der Waals surface area contributed by atoms with E-state index in [1.54, 1.807) is 37.5 Å². The van der Waals surface area contributed by atoms with Gasteiger partial charge in [-0.05, 0) is 48.1 Å². The van der Waals surface area contributed by atoms with Gasteiger partial charge < -0.3 is 10.1 Å². The Kier molecular flexibility index (Phi) is 6.65. The maximum Gasteiger partial charge on any atom is 0.289 e. The molecule has 2 aromatic carbocycles. The summed E-state index contributed by atoms with van der Waals surface area (Å²) in [6, 6.07) is 11.3. The third-order valence-corrected chi connectivity index (χ3v) is 3.70. The number of nitrogens with zero attached hydrogens (tertiary/aromatic N) is 1. The highest BCUT2D eigenvalue weighted by Crippen LogP contribution is 2.27. The number of nitro groups is 1. The van der Waals surface area contributed by atoms with Gasteiger partial charge in [-0.15, -0.1) is 0 Å². The van der Waals surface area contributed by atoms with Gasteiger partial charge in [0.2, 0.25) is 5.91 Å². The van der Waals surface area contributed by atoms with Crippen LogP contribution in [0.25, 0.3) is 6.08 Å². The summed E-state index contributed by atoms with van der Waals surface area (Å²) in [6.07, 6.45) is 2.94. The van der Waals surface area contributed by atoms with E-state index in [9.17, 15) is 14.9 Å². The molecule has 7 nitrogen and oxygen atoms in total. The van der Waals surface area contributed by atoms with E-state index in [2.05, 4.69) is 10.6 Å². The number of amides is 1. The number of nitrogens with one attached hydrogen (secondary N) is 2. The van der Waals surface area contributed by atoms with Gasteiger partial charge in [0.15, 0.2) is 5.11 Å². The second-order valence-electron chi connectivity index (χ2n) is 4.97. The van der Waals surface area contributed by atoms with Gasteiger partial charge in [0, 0.05) is 17.8 Å². The second kappa shape index (κ2) is 8.93. The van der Waals surface area contributed by atoms with Gasteiger partial charge >= 0.3 is 0 Å². The van der Waals surface area contributed by atoms with Crippen molar-refractivity contribution in [1.29, 1.82) is 0 Å². The molecular formula is C17H14ClN3O4S. The van der Waals surface area contributed by atoms with Crippen LogP contribution in [0.4, 0.5) is 11.4 Å². The number of nitro benzene ring substituents is 1. The van der Waals surface area contributed by atoms with E-state index < -0.39 is 10.8 Å². The summed E-state index contributed by atoms with van der Waals surface area (Å²) in [5.74, 6) is 0.274. The highest BCUT2D eigenvalue weighted by molar-refractivity contribution is 7.80. The van der Waals surface area contributed by atoms with Crippen LogP contribution in [0, 0.1) is 10.1 Å². The van der Waals surface area contributed by atoms with Gasteiger partial charge in [0.25, 0.3) is 5.69 Å². The van der Waals surface area contributed by atoms with Crippen molar-refractivity contribution < 1.29 is 14.5 Å². The average molecular weight is 392 g/mol. The van der Waals surface area contributed by atoms with Crippen LogP contribution in [-0.2, 0) is 4.79 Å². The largest absolute Gasteiger partial charge is 0.497 e. The molecule has 134 valence electrons. The SMILES string of the molecule is COc1ccc(C=CC(=O)NC(=S)Nc2ccc(Cl)c([N+](=O)[O-])c2)cc1. The molecule has 9 heteroatoms. The first-order valence-electron chi connectivity index (χ1n) is 7.27. The number of thiocarbonyl (C=S) groups is 1. The fourth-order valence-corrected chi connectivity index (χ4v) is 2.34. The molecule has 0 bridgehead atoms. The molecule has 0 unspecified atom stereocenters. The number of halogens is 1. The molecular weight excluding hydrogens is 378 g/mol. The number of methoxy groups -OCH3 is 1. The number of anilines is 1. The zero-order valence-electron chi connectivity index (χ0n) is 13.6. The molecule has 2 aromatic rings. The molecule has 1 amide bonds. The van der Waals surface area contributed by atoms with Crippen LogP contribution in [0.3, 0.4) is 0 Å². The fourth-order valence-electron chi connectivity index (χ4n) is 1.93.